The first-order chi connectivity index (χ1) is 18.9. The number of hydrogen-bond donors (Lipinski definition) is 3. The van der Waals surface area contributed by atoms with Crippen molar-refractivity contribution in [2.45, 2.75) is 56.4 Å². The molecule has 2 aromatic carbocycles. The summed E-state index contributed by atoms with van der Waals surface area (Å²) in [7, 11) is -0.0915. The minimum Gasteiger partial charge on any atom is -0.423 e. The first-order valence-corrected chi connectivity index (χ1v) is 14.2. The molecule has 0 fully saturated rings. The summed E-state index contributed by atoms with van der Waals surface area (Å²) in [6, 6.07) is 24.9. The van der Waals surface area contributed by atoms with E-state index in [4.69, 9.17) is 11.4 Å². The molecule has 0 unspecified atom stereocenters. The van der Waals surface area contributed by atoms with Gasteiger partial charge in [0.1, 0.15) is 0 Å². The fourth-order valence-corrected chi connectivity index (χ4v) is 3.06. The second kappa shape index (κ2) is 28.8. The van der Waals surface area contributed by atoms with Crippen LogP contribution in [0.4, 0.5) is 0 Å². The zero-order valence-electron chi connectivity index (χ0n) is 24.2. The largest absolute Gasteiger partial charge is 0.488 e. The van der Waals surface area contributed by atoms with Gasteiger partial charge in [-0.25, -0.2) is 0 Å². The molecule has 0 saturated heterocycles. The predicted octanol–water partition coefficient (Wildman–Crippen LogP) is 7.14. The maximum Gasteiger partial charge on any atom is 0.488 e. The highest BCUT2D eigenvalue weighted by Crippen LogP contribution is 2.06. The van der Waals surface area contributed by atoms with Gasteiger partial charge >= 0.3 is 7.12 Å². The summed E-state index contributed by atoms with van der Waals surface area (Å²) in [4.78, 5) is 24.4. The highest BCUT2D eigenvalue weighted by atomic mass is 127. The lowest BCUT2D eigenvalue weighted by atomic mass is 9.81. The molecule has 4 rings (SSSR count). The van der Waals surface area contributed by atoms with E-state index < -0.39 is 7.12 Å². The van der Waals surface area contributed by atoms with Crippen LogP contribution < -0.4 is 16.6 Å². The van der Waals surface area contributed by atoms with Crippen molar-refractivity contribution in [3.63, 3.8) is 0 Å². The number of pyridine rings is 2. The number of hydrogen-bond acceptors (Lipinski definition) is 4. The highest BCUT2D eigenvalue weighted by Gasteiger charge is 2.07. The Kier molecular flexibility index (Phi) is 30.5. The number of rotatable bonds is 2. The number of halogens is 2. The van der Waals surface area contributed by atoms with Crippen molar-refractivity contribution in [1.29, 1.82) is 0 Å². The molecule has 2 aromatic heterocycles. The highest BCUT2D eigenvalue weighted by molar-refractivity contribution is 14.1. The predicted molar refractivity (Wildman–Crippen MR) is 188 cm³/mol. The molecule has 216 valence electrons. The molecule has 0 aliphatic rings. The summed E-state index contributed by atoms with van der Waals surface area (Å²) < 4.78 is 9.48. The van der Waals surface area contributed by atoms with Gasteiger partial charge in [-0.3, -0.25) is 14.2 Å². The minimum atomic E-state index is -1.34. The average molecular weight is 763 g/mol. The summed E-state index contributed by atoms with van der Waals surface area (Å²) in [6.45, 7) is 12.0. The van der Waals surface area contributed by atoms with Gasteiger partial charge in [0.05, 0.1) is 0 Å². The van der Waals surface area contributed by atoms with E-state index in [-0.39, 0.29) is 18.5 Å². The van der Waals surface area contributed by atoms with Gasteiger partial charge in [-0.2, -0.15) is 0 Å². The molecule has 9 heteroatoms. The quantitative estimate of drug-likeness (QED) is 0.150. The van der Waals surface area contributed by atoms with Crippen LogP contribution in [0.5, 0.6) is 0 Å². The van der Waals surface area contributed by atoms with Crippen LogP contribution in [0, 0.1) is 7.14 Å². The maximum absolute atomic E-state index is 11.5. The lowest BCUT2D eigenvalue weighted by molar-refractivity contribution is 0.426. The van der Waals surface area contributed by atoms with E-state index in [0.29, 0.717) is 5.46 Å². The molecule has 0 amide bonds. The molecular formula is C30H45BI2N2O4. The van der Waals surface area contributed by atoms with Crippen molar-refractivity contribution >= 4 is 57.8 Å². The number of aromatic amines is 1. The molecule has 0 saturated carbocycles. The third-order valence-electron chi connectivity index (χ3n) is 3.75. The van der Waals surface area contributed by atoms with Crippen LogP contribution in [0.2, 0.25) is 0 Å². The summed E-state index contributed by atoms with van der Waals surface area (Å²) in [5.74, 6) is 0. The van der Waals surface area contributed by atoms with Gasteiger partial charge < -0.3 is 15.0 Å². The van der Waals surface area contributed by atoms with Gasteiger partial charge in [-0.05, 0) is 74.9 Å². The molecule has 0 spiro atoms. The van der Waals surface area contributed by atoms with Crippen LogP contribution in [0.3, 0.4) is 0 Å². The fraction of sp³-hybridized carbons (Fsp3) is 0.267. The molecule has 0 bridgehead atoms. The van der Waals surface area contributed by atoms with Crippen LogP contribution in [0.1, 0.15) is 57.7 Å². The van der Waals surface area contributed by atoms with Crippen LogP contribution in [-0.4, -0.2) is 26.7 Å². The van der Waals surface area contributed by atoms with E-state index in [1.165, 1.54) is 13.5 Å². The van der Waals surface area contributed by atoms with Gasteiger partial charge in [-0.15, -0.1) is 0 Å². The Hall–Kier alpha value is -2.22. The Balaban J connectivity index is -0.000000220. The monoisotopic (exact) mass is 763 g/mol. The number of H-pyrrole nitrogens is 1. The standard InChI is InChI=1S/C11H8INO.C6H7BO2.C5H4INO.3C2H6.2CH4/c12-9-6-7-11(14)13(8-9)10-4-2-1-3-5-10;8-7(9)6-4-2-1-3-5-6;6-4-1-2-5(8)7-3-4;3*1-2;;/h1-8H;1-5,8-9H;1-3H,(H,7,8);3*1-2H3;2*1H4/i;;;;;;1D;. The van der Waals surface area contributed by atoms with Crippen LogP contribution >= 0.6 is 45.2 Å². The number of nitrogens with one attached hydrogen (secondary N) is 1. The number of para-hydroxylation sites is 1. The molecule has 0 aliphatic carbocycles. The first kappa shape index (κ1) is 41.3. The molecule has 0 radical (unpaired) electrons. The third kappa shape index (κ3) is 20.4. The molecule has 0 aliphatic heterocycles. The number of aromatic nitrogens is 2. The van der Waals surface area contributed by atoms with Crippen LogP contribution in [-0.2, 0) is 0 Å². The van der Waals surface area contributed by atoms with Crippen molar-refractivity contribution in [3.8, 4) is 5.69 Å². The summed E-state index contributed by atoms with van der Waals surface area (Å²) in [5.41, 5.74) is 1.37. The fourth-order valence-electron chi connectivity index (χ4n) is 2.27. The molecule has 6 nitrogen and oxygen atoms in total. The summed E-state index contributed by atoms with van der Waals surface area (Å²) in [6.07, 6.45) is 3.50. The summed E-state index contributed by atoms with van der Waals surface area (Å²) >= 11 is 4.32. The number of nitrogens with zero attached hydrogens (tertiary/aromatic N) is 1. The van der Waals surface area contributed by atoms with Crippen molar-refractivity contribution in [2.75, 3.05) is 0 Å². The van der Waals surface area contributed by atoms with Crippen molar-refractivity contribution in [3.05, 3.63) is 125 Å². The van der Waals surface area contributed by atoms with E-state index >= 15 is 0 Å². The SMILES string of the molecule is C.CC.CC.CC.O=c1ccc(I)c[nH]1.O=c1ccc(I)cn1-c1ccccc1.OB(O)c1ccccc1.[2H]C. The van der Waals surface area contributed by atoms with Gasteiger partial charge in [0.25, 0.3) is 5.56 Å². The second-order valence-electron chi connectivity index (χ2n) is 6.05. The minimum absolute atomic E-state index is 0. The number of benzene rings is 2. The Labute approximate surface area is 264 Å². The van der Waals surface area contributed by atoms with Gasteiger partial charge in [0.2, 0.25) is 5.56 Å². The Morgan fingerprint density at radius 2 is 1.18 bits per heavy atom. The van der Waals surface area contributed by atoms with E-state index in [2.05, 4.69) is 50.2 Å². The lowest BCUT2D eigenvalue weighted by Gasteiger charge is -2.04. The van der Waals surface area contributed by atoms with Crippen molar-refractivity contribution < 1.29 is 11.4 Å². The normalized spacial score (nSPS) is 8.23. The Bertz CT molecular complexity index is 1170. The molecular weight excluding hydrogens is 717 g/mol. The van der Waals surface area contributed by atoms with Gasteiger partial charge in [0.15, 0.2) is 0 Å². The van der Waals surface area contributed by atoms with E-state index in [0.717, 1.165) is 12.8 Å². The van der Waals surface area contributed by atoms with Crippen molar-refractivity contribution in [2.24, 2.45) is 0 Å². The zero-order valence-corrected chi connectivity index (χ0v) is 27.5. The van der Waals surface area contributed by atoms with Crippen LogP contribution in [0.15, 0.2) is 107 Å². The Morgan fingerprint density at radius 1 is 0.718 bits per heavy atom. The molecule has 2 heterocycles. The molecule has 3 N–H and O–H groups in total. The third-order valence-corrected chi connectivity index (χ3v) is 5.06. The lowest BCUT2D eigenvalue weighted by Crippen LogP contribution is -2.29. The summed E-state index contributed by atoms with van der Waals surface area (Å²) in [5, 5.41) is 17.2. The molecule has 4 aromatic rings. The second-order valence-corrected chi connectivity index (χ2v) is 8.54. The molecule has 0 atom stereocenters. The molecule has 39 heavy (non-hydrogen) atoms. The van der Waals surface area contributed by atoms with Gasteiger partial charge in [0, 0.05) is 38.7 Å². The smallest absolute Gasteiger partial charge is 0.423 e. The average Bonchev–Trinajstić information content (AvgIpc) is 3.01. The maximum atomic E-state index is 11.5. The van der Waals surface area contributed by atoms with E-state index in [9.17, 15) is 9.59 Å². The van der Waals surface area contributed by atoms with E-state index in [1.807, 2.05) is 90.2 Å². The van der Waals surface area contributed by atoms with Gasteiger partial charge in [-0.1, -0.05) is 105 Å². The topological polar surface area (TPSA) is 95.3 Å². The van der Waals surface area contributed by atoms with E-state index in [1.54, 1.807) is 47.2 Å². The Morgan fingerprint density at radius 3 is 1.56 bits per heavy atom. The zero-order chi connectivity index (χ0) is 30.6. The van der Waals surface area contributed by atoms with Crippen molar-refractivity contribution in [1.82, 2.24) is 9.55 Å². The first-order valence-electron chi connectivity index (χ1n) is 13.1. The van der Waals surface area contributed by atoms with Crippen LogP contribution in [0.25, 0.3) is 5.69 Å².